The van der Waals surface area contributed by atoms with Crippen LogP contribution in [-0.2, 0) is 0 Å². The molecule has 0 aromatic heterocycles. The van der Waals surface area contributed by atoms with Crippen molar-refractivity contribution in [2.24, 2.45) is 11.3 Å². The molecule has 0 aromatic carbocycles. The fourth-order valence-electron chi connectivity index (χ4n) is 0.847. The predicted molar refractivity (Wildman–Crippen MR) is 51.4 cm³/mol. The Hall–Kier alpha value is -0.160. The van der Waals surface area contributed by atoms with Crippen LogP contribution in [0.15, 0.2) is 0 Å². The highest BCUT2D eigenvalue weighted by Crippen LogP contribution is 2.11. The first-order valence-corrected chi connectivity index (χ1v) is 4.61. The molecule has 0 saturated heterocycles. The zero-order valence-corrected chi connectivity index (χ0v) is 8.45. The normalized spacial score (nSPS) is 14.5. The molecule has 0 aliphatic carbocycles. The van der Waals surface area contributed by atoms with Crippen LogP contribution in [0.4, 0.5) is 0 Å². The number of rotatable bonds is 7. The van der Waals surface area contributed by atoms with Gasteiger partial charge in [-0.05, 0) is 12.5 Å². The Balaban J connectivity index is 3.61. The fraction of sp³-hybridized carbons (Fsp3) is 1.00. The number of hydrogen-bond acceptors (Lipinski definition) is 4. The molecule has 0 aromatic rings. The van der Waals surface area contributed by atoms with Gasteiger partial charge in [-0.2, -0.15) is 0 Å². The summed E-state index contributed by atoms with van der Waals surface area (Å²) in [5.41, 5.74) is -0.463. The summed E-state index contributed by atoms with van der Waals surface area (Å²) in [5, 5.41) is 29.8. The molecule has 0 saturated carbocycles. The Kier molecular flexibility index (Phi) is 6.24. The molecule has 13 heavy (non-hydrogen) atoms. The second-order valence-corrected chi connectivity index (χ2v) is 4.05. The average Bonchev–Trinajstić information content (AvgIpc) is 2.17. The lowest BCUT2D eigenvalue weighted by Gasteiger charge is -2.25. The number of nitrogens with one attached hydrogen (secondary N) is 1. The maximum atomic E-state index is 8.96. The minimum Gasteiger partial charge on any atom is -0.396 e. The summed E-state index contributed by atoms with van der Waals surface area (Å²) in [6.07, 6.45) is 0. The van der Waals surface area contributed by atoms with Crippen molar-refractivity contribution >= 4 is 0 Å². The Morgan fingerprint density at radius 2 is 1.77 bits per heavy atom. The number of aliphatic hydroxyl groups is 3. The molecule has 0 radical (unpaired) electrons. The van der Waals surface area contributed by atoms with Gasteiger partial charge in [-0.15, -0.1) is 0 Å². The Morgan fingerprint density at radius 1 is 1.23 bits per heavy atom. The van der Waals surface area contributed by atoms with E-state index in [-0.39, 0.29) is 25.7 Å². The Morgan fingerprint density at radius 3 is 2.15 bits per heavy atom. The second kappa shape index (κ2) is 6.32. The zero-order chi connectivity index (χ0) is 10.3. The lowest BCUT2D eigenvalue weighted by molar-refractivity contribution is 0.0684. The van der Waals surface area contributed by atoms with Gasteiger partial charge in [0.25, 0.3) is 0 Å². The monoisotopic (exact) mass is 191 g/mol. The lowest BCUT2D eigenvalue weighted by Crippen LogP contribution is -2.39. The zero-order valence-electron chi connectivity index (χ0n) is 8.45. The van der Waals surface area contributed by atoms with Crippen molar-refractivity contribution in [1.82, 2.24) is 5.32 Å². The highest BCUT2D eigenvalue weighted by Gasteiger charge is 2.21. The van der Waals surface area contributed by atoms with Gasteiger partial charge in [-0.3, -0.25) is 0 Å². The van der Waals surface area contributed by atoms with Crippen LogP contribution in [0.5, 0.6) is 0 Å². The molecule has 0 aliphatic heterocycles. The van der Waals surface area contributed by atoms with Gasteiger partial charge >= 0.3 is 0 Å². The summed E-state index contributed by atoms with van der Waals surface area (Å²) in [7, 11) is 0. The summed E-state index contributed by atoms with van der Waals surface area (Å²) < 4.78 is 0. The smallest absolute Gasteiger partial charge is 0.0518 e. The van der Waals surface area contributed by atoms with E-state index in [2.05, 4.69) is 5.32 Å². The summed E-state index contributed by atoms with van der Waals surface area (Å²) in [6, 6.07) is 0. The van der Waals surface area contributed by atoms with Crippen LogP contribution < -0.4 is 5.32 Å². The first-order valence-electron chi connectivity index (χ1n) is 4.61. The minimum atomic E-state index is -0.463. The highest BCUT2D eigenvalue weighted by molar-refractivity contribution is 4.75. The molecule has 4 nitrogen and oxygen atoms in total. The minimum absolute atomic E-state index is 0.0377. The van der Waals surface area contributed by atoms with E-state index in [0.29, 0.717) is 13.1 Å². The van der Waals surface area contributed by atoms with E-state index in [4.69, 9.17) is 15.3 Å². The Bertz CT molecular complexity index is 126. The summed E-state index contributed by atoms with van der Waals surface area (Å²) >= 11 is 0. The van der Waals surface area contributed by atoms with Crippen molar-refractivity contribution < 1.29 is 15.3 Å². The van der Waals surface area contributed by atoms with Crippen LogP contribution in [0.3, 0.4) is 0 Å². The summed E-state index contributed by atoms with van der Waals surface area (Å²) in [4.78, 5) is 0. The maximum Gasteiger partial charge on any atom is 0.0518 e. The summed E-state index contributed by atoms with van der Waals surface area (Å²) in [6.45, 7) is 5.08. The average molecular weight is 191 g/mol. The van der Waals surface area contributed by atoms with E-state index < -0.39 is 5.41 Å². The van der Waals surface area contributed by atoms with Gasteiger partial charge < -0.3 is 20.6 Å². The largest absolute Gasteiger partial charge is 0.396 e. The lowest BCUT2D eigenvalue weighted by atomic mass is 9.93. The number of hydrogen-bond donors (Lipinski definition) is 4. The van der Waals surface area contributed by atoms with Crippen LogP contribution >= 0.6 is 0 Å². The molecular formula is C9H21NO3. The van der Waals surface area contributed by atoms with Crippen LogP contribution in [0, 0.1) is 11.3 Å². The highest BCUT2D eigenvalue weighted by atomic mass is 16.3. The third-order valence-corrected chi connectivity index (χ3v) is 2.12. The van der Waals surface area contributed by atoms with Gasteiger partial charge in [0.15, 0.2) is 0 Å². The Labute approximate surface area is 79.6 Å². The van der Waals surface area contributed by atoms with Crippen molar-refractivity contribution in [2.75, 3.05) is 32.9 Å². The SMILES string of the molecule is CC(CO)CNCC(C)(CO)CO. The maximum absolute atomic E-state index is 8.96. The summed E-state index contributed by atoms with van der Waals surface area (Å²) in [5.74, 6) is 0.210. The molecule has 0 heterocycles. The van der Waals surface area contributed by atoms with Gasteiger partial charge in [-0.25, -0.2) is 0 Å². The topological polar surface area (TPSA) is 72.7 Å². The molecule has 1 atom stereocenters. The van der Waals surface area contributed by atoms with Crippen LogP contribution in [0.25, 0.3) is 0 Å². The quantitative estimate of drug-likeness (QED) is 0.425. The van der Waals surface area contributed by atoms with Crippen molar-refractivity contribution in [1.29, 1.82) is 0 Å². The first kappa shape index (κ1) is 12.8. The van der Waals surface area contributed by atoms with Gasteiger partial charge in [0.1, 0.15) is 0 Å². The molecule has 0 aliphatic rings. The molecule has 0 spiro atoms. The van der Waals surface area contributed by atoms with Crippen molar-refractivity contribution in [2.45, 2.75) is 13.8 Å². The molecule has 4 N–H and O–H groups in total. The van der Waals surface area contributed by atoms with Crippen molar-refractivity contribution in [3.63, 3.8) is 0 Å². The van der Waals surface area contributed by atoms with E-state index in [1.807, 2.05) is 13.8 Å². The van der Waals surface area contributed by atoms with E-state index in [1.165, 1.54) is 0 Å². The molecule has 0 rings (SSSR count). The molecule has 0 bridgehead atoms. The second-order valence-electron chi connectivity index (χ2n) is 4.05. The molecular weight excluding hydrogens is 170 g/mol. The standard InChI is InChI=1S/C9H21NO3/c1-8(4-11)3-10-5-9(2,6-12)7-13/h8,10-13H,3-7H2,1-2H3. The predicted octanol–water partition coefficient (Wildman–Crippen LogP) is -0.805. The third kappa shape index (κ3) is 5.21. The van der Waals surface area contributed by atoms with Gasteiger partial charge in [0.05, 0.1) is 13.2 Å². The molecule has 4 heteroatoms. The van der Waals surface area contributed by atoms with Crippen molar-refractivity contribution in [3.05, 3.63) is 0 Å². The molecule has 0 amide bonds. The van der Waals surface area contributed by atoms with E-state index in [0.717, 1.165) is 0 Å². The van der Waals surface area contributed by atoms with Gasteiger partial charge in [0.2, 0.25) is 0 Å². The van der Waals surface area contributed by atoms with Crippen molar-refractivity contribution in [3.8, 4) is 0 Å². The van der Waals surface area contributed by atoms with E-state index >= 15 is 0 Å². The van der Waals surface area contributed by atoms with Crippen LogP contribution in [0.2, 0.25) is 0 Å². The number of aliphatic hydroxyl groups excluding tert-OH is 3. The van der Waals surface area contributed by atoms with Crippen LogP contribution in [0.1, 0.15) is 13.8 Å². The van der Waals surface area contributed by atoms with Gasteiger partial charge in [-0.1, -0.05) is 13.8 Å². The third-order valence-electron chi connectivity index (χ3n) is 2.12. The fourth-order valence-corrected chi connectivity index (χ4v) is 0.847. The first-order chi connectivity index (χ1) is 6.08. The van der Waals surface area contributed by atoms with E-state index in [9.17, 15) is 0 Å². The molecule has 0 fully saturated rings. The van der Waals surface area contributed by atoms with Gasteiger partial charge in [0, 0.05) is 18.6 Å². The van der Waals surface area contributed by atoms with Crippen LogP contribution in [-0.4, -0.2) is 48.2 Å². The molecule has 1 unspecified atom stereocenters. The van der Waals surface area contributed by atoms with E-state index in [1.54, 1.807) is 0 Å². The molecule has 80 valence electrons.